The average Bonchev–Trinajstić information content (AvgIpc) is 2.41. The predicted octanol–water partition coefficient (Wildman–Crippen LogP) is 3.36. The van der Waals surface area contributed by atoms with Crippen molar-refractivity contribution in [1.82, 2.24) is 0 Å². The largest absolute Gasteiger partial charge is 0.457 e. The molecule has 0 saturated carbocycles. The van der Waals surface area contributed by atoms with Gasteiger partial charge >= 0.3 is 0 Å². The Bertz CT molecular complexity index is 566. The van der Waals surface area contributed by atoms with Crippen LogP contribution in [0.4, 0.5) is 10.1 Å². The highest BCUT2D eigenvalue weighted by molar-refractivity contribution is 5.88. The Labute approximate surface area is 109 Å². The summed E-state index contributed by atoms with van der Waals surface area (Å²) in [6.07, 6.45) is 0. The van der Waals surface area contributed by atoms with Gasteiger partial charge in [0.15, 0.2) is 0 Å². The molecule has 2 aromatic carbocycles. The summed E-state index contributed by atoms with van der Waals surface area (Å²) in [6, 6.07) is 11.9. The fraction of sp³-hybridized carbons (Fsp3) is 0.0714. The van der Waals surface area contributed by atoms with E-state index in [1.54, 1.807) is 24.3 Å². The number of nitrogens with zero attached hydrogens (tertiary/aromatic N) is 1. The van der Waals surface area contributed by atoms with Crippen LogP contribution in [0.2, 0.25) is 0 Å². The molecule has 0 fully saturated rings. The third-order valence-corrected chi connectivity index (χ3v) is 2.43. The van der Waals surface area contributed by atoms with Gasteiger partial charge in [-0.15, -0.1) is 0 Å². The molecule has 2 rings (SSSR count). The van der Waals surface area contributed by atoms with Crippen molar-refractivity contribution in [2.75, 3.05) is 5.06 Å². The van der Waals surface area contributed by atoms with E-state index in [9.17, 15) is 14.4 Å². The topological polar surface area (TPSA) is 49.8 Å². The molecule has 0 radical (unpaired) electrons. The fourth-order valence-corrected chi connectivity index (χ4v) is 1.48. The Hall–Kier alpha value is -2.40. The summed E-state index contributed by atoms with van der Waals surface area (Å²) in [5, 5.41) is 9.95. The Morgan fingerprint density at radius 2 is 1.53 bits per heavy atom. The smallest absolute Gasteiger partial charge is 0.247 e. The minimum atomic E-state index is -0.479. The maximum absolute atomic E-state index is 12.7. The molecule has 0 aliphatic rings. The van der Waals surface area contributed by atoms with Gasteiger partial charge in [-0.05, 0) is 48.5 Å². The van der Waals surface area contributed by atoms with Crippen LogP contribution in [0.5, 0.6) is 11.5 Å². The van der Waals surface area contributed by atoms with E-state index in [2.05, 4.69) is 0 Å². The molecule has 2 aromatic rings. The van der Waals surface area contributed by atoms with Crippen LogP contribution < -0.4 is 9.80 Å². The molecule has 0 aliphatic heterocycles. The highest BCUT2D eigenvalue weighted by Crippen LogP contribution is 2.24. The summed E-state index contributed by atoms with van der Waals surface area (Å²) >= 11 is 0. The number of ether oxygens (including phenoxy) is 1. The molecule has 0 aliphatic carbocycles. The molecule has 0 heterocycles. The third kappa shape index (κ3) is 3.29. The van der Waals surface area contributed by atoms with E-state index < -0.39 is 5.91 Å². The first-order valence-corrected chi connectivity index (χ1v) is 5.59. The summed E-state index contributed by atoms with van der Waals surface area (Å²) in [5.74, 6) is 0.209. The van der Waals surface area contributed by atoms with Crippen LogP contribution in [0.1, 0.15) is 6.92 Å². The Morgan fingerprint density at radius 1 is 1.05 bits per heavy atom. The number of anilines is 1. The molecule has 19 heavy (non-hydrogen) atoms. The maximum atomic E-state index is 12.7. The van der Waals surface area contributed by atoms with Gasteiger partial charge in [0.2, 0.25) is 5.91 Å². The van der Waals surface area contributed by atoms with Gasteiger partial charge in [0, 0.05) is 6.92 Å². The molecule has 0 spiro atoms. The first-order valence-electron chi connectivity index (χ1n) is 5.59. The van der Waals surface area contributed by atoms with Crippen LogP contribution in [-0.2, 0) is 4.79 Å². The Kier molecular flexibility index (Phi) is 3.77. The lowest BCUT2D eigenvalue weighted by Gasteiger charge is -2.13. The minimum absolute atomic E-state index is 0.333. The monoisotopic (exact) mass is 261 g/mol. The number of hydroxylamine groups is 1. The van der Waals surface area contributed by atoms with Crippen LogP contribution in [0.3, 0.4) is 0 Å². The van der Waals surface area contributed by atoms with E-state index in [1.165, 1.54) is 31.2 Å². The van der Waals surface area contributed by atoms with Gasteiger partial charge in [-0.25, -0.2) is 4.39 Å². The van der Waals surface area contributed by atoms with E-state index in [0.717, 1.165) is 0 Å². The number of rotatable bonds is 3. The van der Waals surface area contributed by atoms with Gasteiger partial charge < -0.3 is 4.74 Å². The van der Waals surface area contributed by atoms with E-state index >= 15 is 0 Å². The second kappa shape index (κ2) is 5.49. The minimum Gasteiger partial charge on any atom is -0.457 e. The second-order valence-electron chi connectivity index (χ2n) is 3.88. The lowest BCUT2D eigenvalue weighted by Crippen LogP contribution is -2.23. The van der Waals surface area contributed by atoms with Crippen molar-refractivity contribution in [3.8, 4) is 11.5 Å². The van der Waals surface area contributed by atoms with Gasteiger partial charge in [-0.2, -0.15) is 5.06 Å². The summed E-state index contributed by atoms with van der Waals surface area (Å²) < 4.78 is 18.2. The molecular formula is C14H12FNO3. The summed E-state index contributed by atoms with van der Waals surface area (Å²) in [6.45, 7) is 1.25. The molecule has 98 valence electrons. The van der Waals surface area contributed by atoms with Crippen LogP contribution in [0.15, 0.2) is 48.5 Å². The fourth-order valence-electron chi connectivity index (χ4n) is 1.48. The molecule has 0 atom stereocenters. The van der Waals surface area contributed by atoms with Crippen LogP contribution >= 0.6 is 0 Å². The molecule has 0 saturated heterocycles. The van der Waals surface area contributed by atoms with Crippen molar-refractivity contribution in [2.24, 2.45) is 0 Å². The van der Waals surface area contributed by atoms with E-state index in [-0.39, 0.29) is 5.82 Å². The SMILES string of the molecule is CC(=O)N(O)c1ccc(Oc2ccc(F)cc2)cc1. The van der Waals surface area contributed by atoms with Gasteiger partial charge in [0.1, 0.15) is 17.3 Å². The van der Waals surface area contributed by atoms with Gasteiger partial charge in [-0.3, -0.25) is 10.0 Å². The summed E-state index contributed by atoms with van der Waals surface area (Å²) in [7, 11) is 0. The standard InChI is InChI=1S/C14H12FNO3/c1-10(17)16(18)12-4-8-14(9-5-12)19-13-6-2-11(15)3-7-13/h2-9,18H,1H3. The highest BCUT2D eigenvalue weighted by atomic mass is 19.1. The van der Waals surface area contributed by atoms with Gasteiger partial charge in [0.25, 0.3) is 0 Å². The third-order valence-electron chi connectivity index (χ3n) is 2.43. The van der Waals surface area contributed by atoms with Crippen LogP contribution in [0.25, 0.3) is 0 Å². The normalized spacial score (nSPS) is 10.1. The predicted molar refractivity (Wildman–Crippen MR) is 67.9 cm³/mol. The number of halogens is 1. The van der Waals surface area contributed by atoms with E-state index in [1.807, 2.05) is 0 Å². The maximum Gasteiger partial charge on any atom is 0.247 e. The number of carbonyl (C=O) groups excluding carboxylic acids is 1. The van der Waals surface area contributed by atoms with Crippen molar-refractivity contribution >= 4 is 11.6 Å². The number of hydrogen-bond acceptors (Lipinski definition) is 3. The van der Waals surface area contributed by atoms with Crippen molar-refractivity contribution < 1.29 is 19.1 Å². The summed E-state index contributed by atoms with van der Waals surface area (Å²) in [4.78, 5) is 11.0. The molecule has 1 amide bonds. The molecule has 0 aromatic heterocycles. The summed E-state index contributed by atoms with van der Waals surface area (Å²) in [5.41, 5.74) is 0.346. The second-order valence-corrected chi connectivity index (χ2v) is 3.88. The first-order chi connectivity index (χ1) is 9.06. The van der Waals surface area contributed by atoms with Gasteiger partial charge in [-0.1, -0.05) is 0 Å². The van der Waals surface area contributed by atoms with Crippen molar-refractivity contribution in [1.29, 1.82) is 0 Å². The van der Waals surface area contributed by atoms with Gasteiger partial charge in [0.05, 0.1) is 5.69 Å². The number of carbonyl (C=O) groups is 1. The van der Waals surface area contributed by atoms with Crippen molar-refractivity contribution in [3.05, 3.63) is 54.3 Å². The zero-order chi connectivity index (χ0) is 13.8. The highest BCUT2D eigenvalue weighted by Gasteiger charge is 2.07. The Balaban J connectivity index is 2.10. The van der Waals surface area contributed by atoms with E-state index in [0.29, 0.717) is 22.2 Å². The molecule has 0 bridgehead atoms. The molecular weight excluding hydrogens is 249 g/mol. The molecule has 5 heteroatoms. The molecule has 0 unspecified atom stereocenters. The first kappa shape index (κ1) is 13.0. The average molecular weight is 261 g/mol. The number of hydrogen-bond donors (Lipinski definition) is 1. The van der Waals surface area contributed by atoms with Crippen molar-refractivity contribution in [3.63, 3.8) is 0 Å². The van der Waals surface area contributed by atoms with Crippen molar-refractivity contribution in [2.45, 2.75) is 6.92 Å². The molecule has 1 N–H and O–H groups in total. The quantitative estimate of drug-likeness (QED) is 0.680. The molecule has 4 nitrogen and oxygen atoms in total. The zero-order valence-electron chi connectivity index (χ0n) is 10.2. The lowest BCUT2D eigenvalue weighted by atomic mass is 10.3. The number of amides is 1. The van der Waals surface area contributed by atoms with Crippen LogP contribution in [-0.4, -0.2) is 11.1 Å². The van der Waals surface area contributed by atoms with Crippen LogP contribution in [0, 0.1) is 5.82 Å². The zero-order valence-corrected chi connectivity index (χ0v) is 10.2. The van der Waals surface area contributed by atoms with E-state index in [4.69, 9.17) is 4.74 Å². The Morgan fingerprint density at radius 3 is 2.00 bits per heavy atom. The lowest BCUT2D eigenvalue weighted by molar-refractivity contribution is -0.121. The number of benzene rings is 2.